The van der Waals surface area contributed by atoms with Crippen molar-refractivity contribution in [3.05, 3.63) is 5.82 Å². The first-order chi connectivity index (χ1) is 10.3. The third-order valence-electron chi connectivity index (χ3n) is 4.28. The Labute approximate surface area is 129 Å². The van der Waals surface area contributed by atoms with E-state index in [1.54, 1.807) is 0 Å². The van der Waals surface area contributed by atoms with Crippen molar-refractivity contribution < 1.29 is 4.79 Å². The fourth-order valence-corrected chi connectivity index (χ4v) is 3.76. The Bertz CT molecular complexity index is 477. The van der Waals surface area contributed by atoms with Gasteiger partial charge in [-0.1, -0.05) is 6.92 Å². The third-order valence-corrected chi connectivity index (χ3v) is 5.10. The summed E-state index contributed by atoms with van der Waals surface area (Å²) in [7, 11) is 0. The zero-order valence-corrected chi connectivity index (χ0v) is 13.4. The molecule has 1 N–H and O–H groups in total. The molecule has 6 nitrogen and oxygen atoms in total. The summed E-state index contributed by atoms with van der Waals surface area (Å²) in [6, 6.07) is 0. The van der Waals surface area contributed by atoms with E-state index in [2.05, 4.69) is 26.5 Å². The van der Waals surface area contributed by atoms with Crippen LogP contribution in [0.25, 0.3) is 0 Å². The largest absolute Gasteiger partial charge is 0.343 e. The van der Waals surface area contributed by atoms with Crippen LogP contribution in [0, 0.1) is 5.92 Å². The predicted octanol–water partition coefficient (Wildman–Crippen LogP) is 0.749. The molecule has 1 unspecified atom stereocenters. The monoisotopic (exact) mass is 309 g/mol. The number of nitrogens with zero attached hydrogens (tertiary/aromatic N) is 4. The molecule has 2 fully saturated rings. The van der Waals surface area contributed by atoms with E-state index in [4.69, 9.17) is 0 Å². The molecule has 1 aromatic heterocycles. The summed E-state index contributed by atoms with van der Waals surface area (Å²) in [5.74, 6) is 1.42. The molecular weight excluding hydrogens is 286 g/mol. The quantitative estimate of drug-likeness (QED) is 0.893. The number of piperidine rings is 1. The van der Waals surface area contributed by atoms with E-state index in [-0.39, 0.29) is 5.92 Å². The molecule has 0 spiro atoms. The number of carbonyl (C=O) groups excluding carboxylic acids is 1. The Balaban J connectivity index is 1.53. The lowest BCUT2D eigenvalue weighted by atomic mass is 9.98. The minimum absolute atomic E-state index is 0.179. The average Bonchev–Trinajstić information content (AvgIpc) is 3.04. The summed E-state index contributed by atoms with van der Waals surface area (Å²) < 4.78 is 4.34. The summed E-state index contributed by atoms with van der Waals surface area (Å²) in [4.78, 5) is 21.3. The molecule has 0 radical (unpaired) electrons. The van der Waals surface area contributed by atoms with Gasteiger partial charge in [0.05, 0.1) is 5.92 Å². The number of nitrogens with one attached hydrogen (secondary N) is 1. The van der Waals surface area contributed by atoms with Crippen LogP contribution in [0.5, 0.6) is 0 Å². The van der Waals surface area contributed by atoms with Gasteiger partial charge in [0.15, 0.2) is 0 Å². The van der Waals surface area contributed by atoms with E-state index in [0.717, 1.165) is 69.5 Å². The molecule has 0 bridgehead atoms. The Hall–Kier alpha value is -1.21. The first-order valence-corrected chi connectivity index (χ1v) is 8.62. The number of hydrogen-bond acceptors (Lipinski definition) is 6. The number of anilines is 1. The maximum atomic E-state index is 12.5. The maximum Gasteiger partial charge on any atom is 0.227 e. The number of amides is 1. The van der Waals surface area contributed by atoms with Gasteiger partial charge in [0.25, 0.3) is 0 Å². The van der Waals surface area contributed by atoms with Gasteiger partial charge in [-0.3, -0.25) is 4.79 Å². The average molecular weight is 309 g/mol. The van der Waals surface area contributed by atoms with Crippen molar-refractivity contribution in [3.63, 3.8) is 0 Å². The van der Waals surface area contributed by atoms with Crippen LogP contribution in [0.2, 0.25) is 0 Å². The molecule has 2 saturated heterocycles. The van der Waals surface area contributed by atoms with E-state index in [0.29, 0.717) is 5.91 Å². The number of hydrogen-bond donors (Lipinski definition) is 1. The molecule has 3 rings (SSSR count). The predicted molar refractivity (Wildman–Crippen MR) is 83.7 cm³/mol. The van der Waals surface area contributed by atoms with Crippen molar-refractivity contribution in [3.8, 4) is 0 Å². The standard InChI is InChI=1S/C14H23N5OS/c1-2-12-16-14(21-17-12)19-8-6-18(7-9-19)13(20)11-4-3-5-15-10-11/h11,15H,2-10H2,1H3. The molecule has 3 heterocycles. The van der Waals surface area contributed by atoms with E-state index in [1.165, 1.54) is 11.5 Å². The van der Waals surface area contributed by atoms with Gasteiger partial charge in [-0.05, 0) is 19.4 Å². The van der Waals surface area contributed by atoms with Gasteiger partial charge in [-0.15, -0.1) is 0 Å². The van der Waals surface area contributed by atoms with Gasteiger partial charge in [-0.25, -0.2) is 4.98 Å². The maximum absolute atomic E-state index is 12.5. The number of rotatable bonds is 3. The van der Waals surface area contributed by atoms with E-state index in [9.17, 15) is 4.79 Å². The Morgan fingerprint density at radius 2 is 2.19 bits per heavy atom. The van der Waals surface area contributed by atoms with Crippen molar-refractivity contribution in [1.29, 1.82) is 0 Å². The highest BCUT2D eigenvalue weighted by Gasteiger charge is 2.29. The summed E-state index contributed by atoms with van der Waals surface area (Å²) in [5, 5.41) is 4.32. The molecule has 1 atom stereocenters. The molecule has 1 amide bonds. The first-order valence-electron chi connectivity index (χ1n) is 7.85. The molecule has 116 valence electrons. The zero-order valence-electron chi connectivity index (χ0n) is 12.5. The van der Waals surface area contributed by atoms with Gasteiger partial charge < -0.3 is 15.1 Å². The summed E-state index contributed by atoms with van der Waals surface area (Å²) in [5.41, 5.74) is 0. The molecule has 1 aromatic rings. The van der Waals surface area contributed by atoms with Gasteiger partial charge in [0, 0.05) is 50.7 Å². The van der Waals surface area contributed by atoms with Crippen LogP contribution in [0.4, 0.5) is 5.13 Å². The highest BCUT2D eigenvalue weighted by Crippen LogP contribution is 2.21. The highest BCUT2D eigenvalue weighted by atomic mass is 32.1. The lowest BCUT2D eigenvalue weighted by Gasteiger charge is -2.37. The van der Waals surface area contributed by atoms with E-state index in [1.807, 2.05) is 4.90 Å². The van der Waals surface area contributed by atoms with Gasteiger partial charge >= 0.3 is 0 Å². The Morgan fingerprint density at radius 3 is 2.81 bits per heavy atom. The molecule has 2 aliphatic rings. The molecule has 2 aliphatic heterocycles. The second kappa shape index (κ2) is 6.70. The number of piperazine rings is 1. The summed E-state index contributed by atoms with van der Waals surface area (Å²) >= 11 is 1.47. The van der Waals surface area contributed by atoms with Crippen molar-refractivity contribution in [2.24, 2.45) is 5.92 Å². The van der Waals surface area contributed by atoms with Crippen molar-refractivity contribution in [1.82, 2.24) is 19.6 Å². The van der Waals surface area contributed by atoms with Gasteiger partial charge in [0.1, 0.15) is 5.82 Å². The SMILES string of the molecule is CCc1nsc(N2CCN(C(=O)C3CCCNC3)CC2)n1. The van der Waals surface area contributed by atoms with E-state index >= 15 is 0 Å². The highest BCUT2D eigenvalue weighted by molar-refractivity contribution is 7.09. The smallest absolute Gasteiger partial charge is 0.227 e. The fraction of sp³-hybridized carbons (Fsp3) is 0.786. The van der Waals surface area contributed by atoms with Gasteiger partial charge in [-0.2, -0.15) is 4.37 Å². The van der Waals surface area contributed by atoms with Crippen molar-refractivity contribution in [2.45, 2.75) is 26.2 Å². The summed E-state index contributed by atoms with van der Waals surface area (Å²) in [6.07, 6.45) is 3.02. The molecule has 7 heteroatoms. The van der Waals surface area contributed by atoms with Crippen LogP contribution < -0.4 is 10.2 Å². The molecule has 21 heavy (non-hydrogen) atoms. The lowest BCUT2D eigenvalue weighted by molar-refractivity contribution is -0.136. The second-order valence-corrected chi connectivity index (χ2v) is 6.43. The van der Waals surface area contributed by atoms with Crippen LogP contribution in [0.1, 0.15) is 25.6 Å². The third kappa shape index (κ3) is 3.35. The molecular formula is C14H23N5OS. The van der Waals surface area contributed by atoms with Crippen LogP contribution in [-0.4, -0.2) is 59.4 Å². The van der Waals surface area contributed by atoms with Gasteiger partial charge in [0.2, 0.25) is 11.0 Å². The van der Waals surface area contributed by atoms with Crippen LogP contribution in [0.3, 0.4) is 0 Å². The molecule has 0 saturated carbocycles. The molecule has 0 aliphatic carbocycles. The van der Waals surface area contributed by atoms with Crippen molar-refractivity contribution >= 4 is 22.6 Å². The minimum atomic E-state index is 0.179. The lowest BCUT2D eigenvalue weighted by Crippen LogP contribution is -2.52. The van der Waals surface area contributed by atoms with Crippen LogP contribution >= 0.6 is 11.5 Å². The number of aromatic nitrogens is 2. The number of aryl methyl sites for hydroxylation is 1. The Kier molecular flexibility index (Phi) is 4.70. The number of carbonyl (C=O) groups is 1. The normalized spacial score (nSPS) is 23.4. The van der Waals surface area contributed by atoms with Crippen LogP contribution in [-0.2, 0) is 11.2 Å². The van der Waals surface area contributed by atoms with Crippen LogP contribution in [0.15, 0.2) is 0 Å². The summed E-state index contributed by atoms with van der Waals surface area (Å²) in [6.45, 7) is 7.30. The topological polar surface area (TPSA) is 61.4 Å². The fourth-order valence-electron chi connectivity index (χ4n) is 2.96. The minimum Gasteiger partial charge on any atom is -0.343 e. The second-order valence-electron chi connectivity index (χ2n) is 5.70. The van der Waals surface area contributed by atoms with E-state index < -0.39 is 0 Å². The molecule has 0 aromatic carbocycles. The van der Waals surface area contributed by atoms with Crippen molar-refractivity contribution in [2.75, 3.05) is 44.2 Å². The zero-order chi connectivity index (χ0) is 14.7. The Morgan fingerprint density at radius 1 is 1.38 bits per heavy atom. The first kappa shape index (κ1) is 14.7.